The van der Waals surface area contributed by atoms with E-state index in [1.807, 2.05) is 6.92 Å². The fourth-order valence-corrected chi connectivity index (χ4v) is 3.12. The van der Waals surface area contributed by atoms with Gasteiger partial charge in [-0.05, 0) is 38.3 Å². The minimum Gasteiger partial charge on any atom is -0.380 e. The zero-order valence-electron chi connectivity index (χ0n) is 12.9. The highest BCUT2D eigenvalue weighted by molar-refractivity contribution is 5.90. The first-order valence-corrected chi connectivity index (χ1v) is 8.01. The van der Waals surface area contributed by atoms with Crippen LogP contribution in [0.2, 0.25) is 0 Å². The van der Waals surface area contributed by atoms with E-state index in [1.54, 1.807) is 0 Å². The Bertz CT molecular complexity index is 609. The molecule has 1 saturated heterocycles. The first kappa shape index (κ1) is 14.3. The van der Waals surface area contributed by atoms with Crippen LogP contribution in [0.3, 0.4) is 0 Å². The third-order valence-electron chi connectivity index (χ3n) is 4.20. The lowest BCUT2D eigenvalue weighted by atomic mass is 9.99. The second kappa shape index (κ2) is 6.44. The van der Waals surface area contributed by atoms with Crippen molar-refractivity contribution in [1.82, 2.24) is 4.98 Å². The van der Waals surface area contributed by atoms with Gasteiger partial charge in [0.15, 0.2) is 0 Å². The molecule has 1 aliphatic heterocycles. The van der Waals surface area contributed by atoms with Crippen LogP contribution in [-0.2, 0) is 4.74 Å². The summed E-state index contributed by atoms with van der Waals surface area (Å²) in [6, 6.07) is 11.1. The molecule has 0 amide bonds. The van der Waals surface area contributed by atoms with Crippen LogP contribution in [0.5, 0.6) is 0 Å². The summed E-state index contributed by atoms with van der Waals surface area (Å²) >= 11 is 0. The van der Waals surface area contributed by atoms with Gasteiger partial charge in [0, 0.05) is 23.7 Å². The largest absolute Gasteiger partial charge is 0.380 e. The van der Waals surface area contributed by atoms with Crippen molar-refractivity contribution in [3.05, 3.63) is 36.0 Å². The molecule has 3 nitrogen and oxygen atoms in total. The Labute approximate surface area is 126 Å². The number of para-hydroxylation sites is 1. The van der Waals surface area contributed by atoms with Crippen LogP contribution in [0.4, 0.5) is 5.69 Å². The molecule has 1 aromatic heterocycles. The van der Waals surface area contributed by atoms with Gasteiger partial charge in [-0.2, -0.15) is 0 Å². The summed E-state index contributed by atoms with van der Waals surface area (Å²) < 4.78 is 5.84. The molecule has 112 valence electrons. The van der Waals surface area contributed by atoms with Gasteiger partial charge in [0.25, 0.3) is 0 Å². The van der Waals surface area contributed by atoms with Gasteiger partial charge in [-0.3, -0.25) is 4.98 Å². The number of rotatable bonds is 4. The molecule has 0 bridgehead atoms. The van der Waals surface area contributed by atoms with E-state index in [0.29, 0.717) is 12.1 Å². The van der Waals surface area contributed by atoms with Crippen molar-refractivity contribution in [3.63, 3.8) is 0 Å². The number of nitrogens with zero attached hydrogens (tertiary/aromatic N) is 1. The average Bonchev–Trinajstić information content (AvgIpc) is 2.49. The molecule has 2 aromatic rings. The van der Waals surface area contributed by atoms with E-state index in [9.17, 15) is 0 Å². The SMILES string of the molecule is CCCC1CC(Nc2cccc3ccc(C)nc23)CCO1. The van der Waals surface area contributed by atoms with Gasteiger partial charge in [0.05, 0.1) is 17.3 Å². The minimum atomic E-state index is 0.408. The molecular formula is C18H24N2O. The Hall–Kier alpha value is -1.61. The van der Waals surface area contributed by atoms with Gasteiger partial charge in [-0.1, -0.05) is 31.5 Å². The molecule has 2 unspecified atom stereocenters. The molecule has 3 heteroatoms. The Kier molecular flexibility index (Phi) is 4.39. The number of hydrogen-bond donors (Lipinski definition) is 1. The molecule has 0 radical (unpaired) electrons. The first-order valence-electron chi connectivity index (χ1n) is 8.01. The van der Waals surface area contributed by atoms with Crippen molar-refractivity contribution in [2.75, 3.05) is 11.9 Å². The van der Waals surface area contributed by atoms with Gasteiger partial charge < -0.3 is 10.1 Å². The summed E-state index contributed by atoms with van der Waals surface area (Å²) in [7, 11) is 0. The van der Waals surface area contributed by atoms with Crippen LogP contribution in [0.1, 0.15) is 38.3 Å². The van der Waals surface area contributed by atoms with Gasteiger partial charge >= 0.3 is 0 Å². The van der Waals surface area contributed by atoms with Crippen LogP contribution >= 0.6 is 0 Å². The quantitative estimate of drug-likeness (QED) is 0.908. The number of fused-ring (bicyclic) bond motifs is 1. The summed E-state index contributed by atoms with van der Waals surface area (Å²) in [5.74, 6) is 0. The molecule has 21 heavy (non-hydrogen) atoms. The van der Waals surface area contributed by atoms with Crippen LogP contribution in [0.15, 0.2) is 30.3 Å². The number of aromatic nitrogens is 1. The molecular weight excluding hydrogens is 260 g/mol. The van der Waals surface area contributed by atoms with Crippen molar-refractivity contribution in [1.29, 1.82) is 0 Å². The molecule has 0 spiro atoms. The summed E-state index contributed by atoms with van der Waals surface area (Å²) in [6.45, 7) is 5.12. The zero-order valence-corrected chi connectivity index (χ0v) is 12.9. The monoisotopic (exact) mass is 284 g/mol. The first-order chi connectivity index (χ1) is 10.3. The number of hydrogen-bond acceptors (Lipinski definition) is 3. The Morgan fingerprint density at radius 3 is 3.05 bits per heavy atom. The molecule has 1 N–H and O–H groups in total. The maximum Gasteiger partial charge on any atom is 0.0936 e. The number of benzene rings is 1. The van der Waals surface area contributed by atoms with Crippen molar-refractivity contribution in [3.8, 4) is 0 Å². The van der Waals surface area contributed by atoms with E-state index in [-0.39, 0.29) is 0 Å². The van der Waals surface area contributed by atoms with Crippen molar-refractivity contribution in [2.24, 2.45) is 0 Å². The summed E-state index contributed by atoms with van der Waals surface area (Å²) in [5.41, 5.74) is 3.29. The number of ether oxygens (including phenoxy) is 1. The summed E-state index contributed by atoms with van der Waals surface area (Å²) in [4.78, 5) is 4.70. The maximum absolute atomic E-state index is 5.84. The Morgan fingerprint density at radius 1 is 1.29 bits per heavy atom. The fourth-order valence-electron chi connectivity index (χ4n) is 3.12. The lowest BCUT2D eigenvalue weighted by Gasteiger charge is -2.31. The molecule has 1 aromatic carbocycles. The van der Waals surface area contributed by atoms with E-state index in [4.69, 9.17) is 9.72 Å². The molecule has 0 aliphatic carbocycles. The predicted octanol–water partition coefficient (Wildman–Crippen LogP) is 4.30. The maximum atomic E-state index is 5.84. The number of pyridine rings is 1. The van der Waals surface area contributed by atoms with Crippen LogP contribution in [0.25, 0.3) is 10.9 Å². The molecule has 2 heterocycles. The van der Waals surface area contributed by atoms with E-state index in [1.165, 1.54) is 11.8 Å². The Morgan fingerprint density at radius 2 is 2.19 bits per heavy atom. The fraction of sp³-hybridized carbons (Fsp3) is 0.500. The standard InChI is InChI=1S/C18H24N2O/c1-3-5-16-12-15(10-11-21-16)20-17-7-4-6-14-9-8-13(2)19-18(14)17/h4,6-9,15-16,20H,3,5,10-12H2,1-2H3. The van der Waals surface area contributed by atoms with Gasteiger partial charge in [0.1, 0.15) is 0 Å². The third kappa shape index (κ3) is 3.35. The Balaban J connectivity index is 1.79. The second-order valence-electron chi connectivity index (χ2n) is 5.98. The third-order valence-corrected chi connectivity index (χ3v) is 4.20. The van der Waals surface area contributed by atoms with Gasteiger partial charge in [-0.25, -0.2) is 0 Å². The zero-order chi connectivity index (χ0) is 14.7. The predicted molar refractivity (Wildman–Crippen MR) is 87.8 cm³/mol. The number of anilines is 1. The van der Waals surface area contributed by atoms with Crippen LogP contribution in [-0.4, -0.2) is 23.7 Å². The van der Waals surface area contributed by atoms with E-state index in [0.717, 1.165) is 42.8 Å². The number of aryl methyl sites for hydroxylation is 1. The lowest BCUT2D eigenvalue weighted by molar-refractivity contribution is 0.00599. The molecule has 3 rings (SSSR count). The minimum absolute atomic E-state index is 0.408. The van der Waals surface area contributed by atoms with E-state index in [2.05, 4.69) is 42.6 Å². The highest BCUT2D eigenvalue weighted by atomic mass is 16.5. The molecule has 0 saturated carbocycles. The highest BCUT2D eigenvalue weighted by Gasteiger charge is 2.22. The van der Waals surface area contributed by atoms with Crippen molar-refractivity contribution in [2.45, 2.75) is 51.7 Å². The van der Waals surface area contributed by atoms with Crippen molar-refractivity contribution < 1.29 is 4.74 Å². The smallest absolute Gasteiger partial charge is 0.0936 e. The molecule has 2 atom stereocenters. The second-order valence-corrected chi connectivity index (χ2v) is 5.98. The lowest BCUT2D eigenvalue weighted by Crippen LogP contribution is -2.34. The van der Waals surface area contributed by atoms with Gasteiger partial charge in [0.2, 0.25) is 0 Å². The average molecular weight is 284 g/mol. The summed E-state index contributed by atoms with van der Waals surface area (Å²) in [5, 5.41) is 4.89. The normalized spacial score (nSPS) is 22.4. The van der Waals surface area contributed by atoms with Crippen LogP contribution in [0, 0.1) is 6.92 Å². The molecule has 1 fully saturated rings. The van der Waals surface area contributed by atoms with Crippen molar-refractivity contribution >= 4 is 16.6 Å². The van der Waals surface area contributed by atoms with Gasteiger partial charge in [-0.15, -0.1) is 0 Å². The molecule has 1 aliphatic rings. The van der Waals surface area contributed by atoms with E-state index >= 15 is 0 Å². The van der Waals surface area contributed by atoms with E-state index < -0.39 is 0 Å². The topological polar surface area (TPSA) is 34.2 Å². The highest BCUT2D eigenvalue weighted by Crippen LogP contribution is 2.26. The van der Waals surface area contributed by atoms with Crippen LogP contribution < -0.4 is 5.32 Å². The number of nitrogens with one attached hydrogen (secondary N) is 1. The summed E-state index contributed by atoms with van der Waals surface area (Å²) in [6.07, 6.45) is 4.92.